The van der Waals surface area contributed by atoms with Gasteiger partial charge in [0.15, 0.2) is 0 Å². The number of benzene rings is 1. The number of furan rings is 1. The van der Waals surface area contributed by atoms with Gasteiger partial charge in [0, 0.05) is 14.9 Å². The zero-order chi connectivity index (χ0) is 14.0. The third-order valence-electron chi connectivity index (χ3n) is 2.39. The number of hydrogen-bond donors (Lipinski definition) is 1. The van der Waals surface area contributed by atoms with E-state index in [1.54, 1.807) is 24.3 Å². The van der Waals surface area contributed by atoms with Crippen molar-refractivity contribution in [1.82, 2.24) is 0 Å². The van der Waals surface area contributed by atoms with Crippen LogP contribution in [0.3, 0.4) is 0 Å². The van der Waals surface area contributed by atoms with Crippen molar-refractivity contribution in [3.63, 3.8) is 0 Å². The van der Waals surface area contributed by atoms with Crippen LogP contribution in [0.1, 0.15) is 28.5 Å². The molecule has 1 unspecified atom stereocenters. The van der Waals surface area contributed by atoms with Crippen LogP contribution in [0.5, 0.6) is 0 Å². The normalized spacial score (nSPS) is 12.4. The molecule has 0 fully saturated rings. The van der Waals surface area contributed by atoms with Crippen molar-refractivity contribution in [3.8, 4) is 0 Å². The molecule has 0 bridgehead atoms. The van der Waals surface area contributed by atoms with Crippen molar-refractivity contribution in [2.45, 2.75) is 17.1 Å². The van der Waals surface area contributed by atoms with Crippen molar-refractivity contribution < 1.29 is 14.3 Å². The fraction of sp³-hybridized carbons (Fsp3) is 0.154. The van der Waals surface area contributed by atoms with Crippen LogP contribution in [-0.2, 0) is 0 Å². The number of carboxylic acid groups (broad SMARTS) is 1. The van der Waals surface area contributed by atoms with Crippen LogP contribution in [-0.4, -0.2) is 11.1 Å². The minimum Gasteiger partial charge on any atom is -0.475 e. The second-order valence-corrected chi connectivity index (χ2v) is 6.16. The summed E-state index contributed by atoms with van der Waals surface area (Å²) in [5.41, 5.74) is 0. The molecule has 6 heteroatoms. The summed E-state index contributed by atoms with van der Waals surface area (Å²) in [5, 5.41) is 9.89. The van der Waals surface area contributed by atoms with Crippen LogP contribution in [0.25, 0.3) is 0 Å². The third-order valence-corrected chi connectivity index (χ3v) is 3.92. The van der Waals surface area contributed by atoms with Gasteiger partial charge in [0.1, 0.15) is 5.76 Å². The SMILES string of the molecule is CC(Sc1cc(Cl)cc(Cl)c1)c1ccc(C(=O)O)o1. The van der Waals surface area contributed by atoms with Gasteiger partial charge in [0.05, 0.1) is 5.25 Å². The van der Waals surface area contributed by atoms with Gasteiger partial charge >= 0.3 is 5.97 Å². The molecule has 100 valence electrons. The van der Waals surface area contributed by atoms with Crippen LogP contribution in [0.4, 0.5) is 0 Å². The monoisotopic (exact) mass is 316 g/mol. The zero-order valence-corrected chi connectivity index (χ0v) is 12.2. The molecular weight excluding hydrogens is 307 g/mol. The molecule has 19 heavy (non-hydrogen) atoms. The Hall–Kier alpha value is -1.10. The average Bonchev–Trinajstić information content (AvgIpc) is 2.76. The molecule has 1 heterocycles. The summed E-state index contributed by atoms with van der Waals surface area (Å²) < 4.78 is 5.25. The predicted octanol–water partition coefficient (Wildman–Crippen LogP) is 5.14. The maximum absolute atomic E-state index is 10.7. The summed E-state index contributed by atoms with van der Waals surface area (Å²) in [6.45, 7) is 1.92. The summed E-state index contributed by atoms with van der Waals surface area (Å²) in [6, 6.07) is 8.37. The van der Waals surface area contributed by atoms with Crippen molar-refractivity contribution in [2.24, 2.45) is 0 Å². The Bertz CT molecular complexity index is 589. The lowest BCUT2D eigenvalue weighted by Crippen LogP contribution is -1.92. The maximum atomic E-state index is 10.7. The predicted molar refractivity (Wildman–Crippen MR) is 76.4 cm³/mol. The molecule has 0 spiro atoms. The number of carboxylic acids is 1. The highest BCUT2D eigenvalue weighted by Crippen LogP contribution is 2.37. The minimum absolute atomic E-state index is 0.0392. The van der Waals surface area contributed by atoms with Gasteiger partial charge in [0.2, 0.25) is 5.76 Å². The van der Waals surface area contributed by atoms with Crippen LogP contribution < -0.4 is 0 Å². The first-order valence-electron chi connectivity index (χ1n) is 5.41. The van der Waals surface area contributed by atoms with Gasteiger partial charge in [-0.05, 0) is 37.3 Å². The molecule has 1 aromatic carbocycles. The minimum atomic E-state index is -1.07. The summed E-state index contributed by atoms with van der Waals surface area (Å²) in [5.74, 6) is -0.542. The van der Waals surface area contributed by atoms with Crippen LogP contribution in [0.2, 0.25) is 10.0 Å². The van der Waals surface area contributed by atoms with E-state index in [0.717, 1.165) is 4.90 Å². The smallest absolute Gasteiger partial charge is 0.371 e. The van der Waals surface area contributed by atoms with E-state index >= 15 is 0 Å². The summed E-state index contributed by atoms with van der Waals surface area (Å²) in [7, 11) is 0. The van der Waals surface area contributed by atoms with E-state index in [0.29, 0.717) is 15.8 Å². The van der Waals surface area contributed by atoms with Crippen LogP contribution in [0.15, 0.2) is 39.6 Å². The average molecular weight is 317 g/mol. The molecule has 0 radical (unpaired) electrons. The molecule has 1 atom stereocenters. The largest absolute Gasteiger partial charge is 0.475 e. The lowest BCUT2D eigenvalue weighted by molar-refractivity contribution is 0.0660. The first kappa shape index (κ1) is 14.3. The van der Waals surface area contributed by atoms with Crippen LogP contribution in [0, 0.1) is 0 Å². The van der Waals surface area contributed by atoms with Gasteiger partial charge < -0.3 is 9.52 Å². The second kappa shape index (κ2) is 5.90. The molecule has 0 saturated carbocycles. The van der Waals surface area contributed by atoms with Gasteiger partial charge in [-0.25, -0.2) is 4.79 Å². The van der Waals surface area contributed by atoms with E-state index in [2.05, 4.69) is 0 Å². The van der Waals surface area contributed by atoms with Crippen molar-refractivity contribution in [1.29, 1.82) is 0 Å². The van der Waals surface area contributed by atoms with Crippen molar-refractivity contribution >= 4 is 40.9 Å². The van der Waals surface area contributed by atoms with Crippen molar-refractivity contribution in [2.75, 3.05) is 0 Å². The molecular formula is C13H10Cl2O3S. The summed E-state index contributed by atoms with van der Waals surface area (Å²) >= 11 is 13.3. The van der Waals surface area contributed by atoms with Gasteiger partial charge in [-0.3, -0.25) is 0 Å². The topological polar surface area (TPSA) is 50.4 Å². The van der Waals surface area contributed by atoms with Crippen LogP contribution >= 0.6 is 35.0 Å². The maximum Gasteiger partial charge on any atom is 0.371 e. The molecule has 3 nitrogen and oxygen atoms in total. The highest BCUT2D eigenvalue weighted by Gasteiger charge is 2.15. The van der Waals surface area contributed by atoms with E-state index in [-0.39, 0.29) is 11.0 Å². The lowest BCUT2D eigenvalue weighted by atomic mass is 10.3. The Morgan fingerprint density at radius 1 is 1.26 bits per heavy atom. The Morgan fingerprint density at radius 3 is 2.42 bits per heavy atom. The molecule has 0 amide bonds. The fourth-order valence-electron chi connectivity index (χ4n) is 1.55. The van der Waals surface area contributed by atoms with Gasteiger partial charge in [0.25, 0.3) is 0 Å². The number of hydrogen-bond acceptors (Lipinski definition) is 3. The number of halogens is 2. The molecule has 2 rings (SSSR count). The molecule has 0 saturated heterocycles. The number of thioether (sulfide) groups is 1. The Labute approximate surface area is 124 Å². The lowest BCUT2D eigenvalue weighted by Gasteiger charge is -2.09. The third kappa shape index (κ3) is 3.69. The first-order valence-corrected chi connectivity index (χ1v) is 7.05. The molecule has 2 aromatic rings. The second-order valence-electron chi connectivity index (χ2n) is 3.87. The Morgan fingerprint density at radius 2 is 1.89 bits per heavy atom. The van der Waals surface area contributed by atoms with E-state index < -0.39 is 5.97 Å². The Kier molecular flexibility index (Phi) is 4.45. The Balaban J connectivity index is 2.15. The quantitative estimate of drug-likeness (QED) is 0.793. The fourth-order valence-corrected chi connectivity index (χ4v) is 3.24. The summed E-state index contributed by atoms with van der Waals surface area (Å²) in [4.78, 5) is 11.7. The van der Waals surface area contributed by atoms with E-state index in [1.165, 1.54) is 17.8 Å². The van der Waals surface area contributed by atoms with Gasteiger partial charge in [-0.2, -0.15) is 0 Å². The first-order chi connectivity index (χ1) is 8.95. The standard InChI is InChI=1S/C13H10Cl2O3S/c1-7(11-2-3-12(18-11)13(16)17)19-10-5-8(14)4-9(15)6-10/h2-7H,1H3,(H,16,17). The zero-order valence-electron chi connectivity index (χ0n) is 9.89. The summed E-state index contributed by atoms with van der Waals surface area (Å²) in [6.07, 6.45) is 0. The van der Waals surface area contributed by atoms with Gasteiger partial charge in [-0.15, -0.1) is 11.8 Å². The van der Waals surface area contributed by atoms with E-state index in [4.69, 9.17) is 32.7 Å². The number of aromatic carboxylic acids is 1. The highest BCUT2D eigenvalue weighted by atomic mass is 35.5. The molecule has 1 aromatic heterocycles. The molecule has 0 aliphatic heterocycles. The van der Waals surface area contributed by atoms with E-state index in [1.807, 2.05) is 6.92 Å². The number of carbonyl (C=O) groups is 1. The number of rotatable bonds is 4. The molecule has 0 aliphatic carbocycles. The van der Waals surface area contributed by atoms with Crippen molar-refractivity contribution in [3.05, 3.63) is 51.9 Å². The van der Waals surface area contributed by atoms with Gasteiger partial charge in [-0.1, -0.05) is 23.2 Å². The highest BCUT2D eigenvalue weighted by molar-refractivity contribution is 7.99. The molecule has 1 N–H and O–H groups in total. The van der Waals surface area contributed by atoms with E-state index in [9.17, 15) is 4.79 Å². The molecule has 0 aliphatic rings.